The Morgan fingerprint density at radius 3 is 1.87 bits per heavy atom. The summed E-state index contributed by atoms with van der Waals surface area (Å²) in [5.74, 6) is -1.64. The van der Waals surface area contributed by atoms with Crippen molar-refractivity contribution >= 4 is 23.8 Å². The molecule has 12 nitrogen and oxygen atoms in total. The molecule has 0 saturated carbocycles. The molecular weight excluding hydrogens is 700 g/mol. The first-order valence-corrected chi connectivity index (χ1v) is 19.1. The van der Waals surface area contributed by atoms with E-state index in [9.17, 15) is 24.3 Å². The number of nitrogens with zero attached hydrogens (tertiary/aromatic N) is 1. The Kier molecular flexibility index (Phi) is 16.1. The quantitative estimate of drug-likeness (QED) is 0.157. The first kappa shape index (κ1) is 42.8. The molecule has 4 amide bonds. The minimum atomic E-state index is -1.17. The lowest BCUT2D eigenvalue weighted by molar-refractivity contribution is -0.141. The molecule has 1 aliphatic rings. The maximum absolute atomic E-state index is 14.3. The molecule has 3 aromatic carbocycles. The van der Waals surface area contributed by atoms with Crippen LogP contribution in [0, 0.1) is 11.8 Å². The van der Waals surface area contributed by atoms with Crippen LogP contribution in [-0.2, 0) is 43.1 Å². The van der Waals surface area contributed by atoms with E-state index in [0.29, 0.717) is 32.1 Å². The zero-order valence-corrected chi connectivity index (χ0v) is 33.0. The Bertz CT molecular complexity index is 1660. The van der Waals surface area contributed by atoms with Crippen LogP contribution in [0.3, 0.4) is 0 Å². The third kappa shape index (κ3) is 14.0. The van der Waals surface area contributed by atoms with E-state index >= 15 is 0 Å². The normalized spacial score (nSPS) is 15.9. The van der Waals surface area contributed by atoms with Crippen LogP contribution in [0.2, 0.25) is 0 Å². The molecule has 5 atom stereocenters. The second kappa shape index (κ2) is 20.7. The van der Waals surface area contributed by atoms with Crippen molar-refractivity contribution in [1.29, 1.82) is 0 Å². The summed E-state index contributed by atoms with van der Waals surface area (Å²) in [5, 5.41) is 20.6. The molecule has 12 heteroatoms. The standard InChI is InChI=1S/C43H58N4O8/c1-29(2)38(40(50)44-36(27-31-15-11-8-12-16-31)41(51)47-21-23-54-24-22-47)46-39(49)33(25-32-17-19-34(53-6)20-18-32)28-37(48)35(26-30-13-9-7-10-14-30)45-42(52)55-43(3,4)5/h7-20,29,33,35-38,48H,21-28H2,1-6H3,(H,44,50)(H,45,52)(H,46,49)/t33-,35+,36+,37+,38+/m1/s1. The number of methoxy groups -OCH3 is 1. The van der Waals surface area contributed by atoms with E-state index < -0.39 is 53.7 Å². The molecule has 0 aromatic heterocycles. The van der Waals surface area contributed by atoms with E-state index in [2.05, 4.69) is 16.0 Å². The monoisotopic (exact) mass is 758 g/mol. The Morgan fingerprint density at radius 1 is 0.764 bits per heavy atom. The fraction of sp³-hybridized carbons (Fsp3) is 0.488. The fourth-order valence-electron chi connectivity index (χ4n) is 6.52. The van der Waals surface area contributed by atoms with Gasteiger partial charge in [-0.25, -0.2) is 4.79 Å². The van der Waals surface area contributed by atoms with Crippen molar-refractivity contribution in [3.8, 4) is 5.75 Å². The Morgan fingerprint density at radius 2 is 1.33 bits per heavy atom. The van der Waals surface area contributed by atoms with Crippen molar-refractivity contribution in [1.82, 2.24) is 20.9 Å². The maximum Gasteiger partial charge on any atom is 0.407 e. The second-order valence-corrected chi connectivity index (χ2v) is 15.4. The number of hydrogen-bond acceptors (Lipinski definition) is 8. The fourth-order valence-corrected chi connectivity index (χ4v) is 6.52. The molecule has 1 heterocycles. The van der Waals surface area contributed by atoms with Crippen LogP contribution in [0.1, 0.15) is 57.7 Å². The summed E-state index contributed by atoms with van der Waals surface area (Å²) in [7, 11) is 1.57. The van der Waals surface area contributed by atoms with E-state index in [-0.39, 0.29) is 37.5 Å². The Hall–Kier alpha value is -4.94. The number of carbonyl (C=O) groups is 4. The number of nitrogens with one attached hydrogen (secondary N) is 3. The zero-order chi connectivity index (χ0) is 40.0. The van der Waals surface area contributed by atoms with Crippen molar-refractivity contribution in [2.75, 3.05) is 33.4 Å². The number of benzene rings is 3. The maximum atomic E-state index is 14.3. The first-order valence-electron chi connectivity index (χ1n) is 19.1. The lowest BCUT2D eigenvalue weighted by atomic mass is 9.88. The van der Waals surface area contributed by atoms with Gasteiger partial charge in [-0.15, -0.1) is 0 Å². The Labute approximate surface area is 325 Å². The molecular formula is C43H58N4O8. The van der Waals surface area contributed by atoms with Crippen molar-refractivity contribution < 1.29 is 38.5 Å². The van der Waals surface area contributed by atoms with Crippen LogP contribution in [0.4, 0.5) is 4.79 Å². The average molecular weight is 759 g/mol. The van der Waals surface area contributed by atoms with Gasteiger partial charge in [-0.2, -0.15) is 0 Å². The molecule has 1 aliphatic heterocycles. The number of morpholine rings is 1. The third-order valence-electron chi connectivity index (χ3n) is 9.47. The van der Waals surface area contributed by atoms with Crippen LogP contribution >= 0.6 is 0 Å². The molecule has 3 aromatic rings. The van der Waals surface area contributed by atoms with Gasteiger partial charge in [0.25, 0.3) is 0 Å². The molecule has 0 radical (unpaired) electrons. The topological polar surface area (TPSA) is 156 Å². The molecule has 0 bridgehead atoms. The molecule has 4 N–H and O–H groups in total. The summed E-state index contributed by atoms with van der Waals surface area (Å²) in [6.07, 6.45) is -1.10. The minimum absolute atomic E-state index is 0.0380. The van der Waals surface area contributed by atoms with Crippen LogP contribution in [0.5, 0.6) is 5.75 Å². The number of carbonyl (C=O) groups excluding carboxylic acids is 4. The van der Waals surface area contributed by atoms with Crippen LogP contribution in [-0.4, -0.2) is 97.1 Å². The largest absolute Gasteiger partial charge is 0.497 e. The summed E-state index contributed by atoms with van der Waals surface area (Å²) in [4.78, 5) is 56.9. The van der Waals surface area contributed by atoms with Gasteiger partial charge < -0.3 is 40.2 Å². The van der Waals surface area contributed by atoms with Crippen molar-refractivity contribution in [2.45, 2.75) is 90.1 Å². The van der Waals surface area contributed by atoms with Gasteiger partial charge in [0, 0.05) is 25.4 Å². The molecule has 298 valence electrons. The molecule has 55 heavy (non-hydrogen) atoms. The lowest BCUT2D eigenvalue weighted by Crippen LogP contribution is -2.58. The van der Waals surface area contributed by atoms with Gasteiger partial charge in [0.05, 0.1) is 32.5 Å². The highest BCUT2D eigenvalue weighted by atomic mass is 16.6. The summed E-state index contributed by atoms with van der Waals surface area (Å²) < 4.78 is 16.3. The van der Waals surface area contributed by atoms with Gasteiger partial charge >= 0.3 is 6.09 Å². The number of aliphatic hydroxyl groups excluding tert-OH is 1. The second-order valence-electron chi connectivity index (χ2n) is 15.4. The smallest absolute Gasteiger partial charge is 0.407 e. The van der Waals surface area contributed by atoms with Crippen molar-refractivity contribution in [2.24, 2.45) is 11.8 Å². The molecule has 4 rings (SSSR count). The summed E-state index contributed by atoms with van der Waals surface area (Å²) in [6.45, 7) is 10.6. The Balaban J connectivity index is 1.58. The number of amides is 4. The average Bonchev–Trinajstić information content (AvgIpc) is 3.16. The minimum Gasteiger partial charge on any atom is -0.497 e. The SMILES string of the molecule is COc1ccc(C[C@H](C[C@H](O)[C@H](Cc2ccccc2)NC(=O)OC(C)(C)C)C(=O)N[C@H](C(=O)N[C@@H](Cc2ccccc2)C(=O)N2CCOCC2)C(C)C)cc1. The highest BCUT2D eigenvalue weighted by Crippen LogP contribution is 2.22. The third-order valence-corrected chi connectivity index (χ3v) is 9.47. The van der Waals surface area contributed by atoms with Gasteiger partial charge in [0.1, 0.15) is 23.4 Å². The number of ether oxygens (including phenoxy) is 3. The summed E-state index contributed by atoms with van der Waals surface area (Å²) in [6, 6.07) is 23.6. The van der Waals surface area contributed by atoms with Crippen molar-refractivity contribution in [3.05, 3.63) is 102 Å². The summed E-state index contributed by atoms with van der Waals surface area (Å²) in [5.41, 5.74) is 1.82. The van der Waals surface area contributed by atoms with Crippen LogP contribution in [0.15, 0.2) is 84.9 Å². The van der Waals surface area contributed by atoms with Crippen LogP contribution < -0.4 is 20.7 Å². The van der Waals surface area contributed by atoms with E-state index in [1.807, 2.05) is 86.6 Å². The molecule has 0 aliphatic carbocycles. The highest BCUT2D eigenvalue weighted by Gasteiger charge is 2.35. The lowest BCUT2D eigenvalue weighted by Gasteiger charge is -2.32. The number of hydrogen-bond donors (Lipinski definition) is 4. The summed E-state index contributed by atoms with van der Waals surface area (Å²) >= 11 is 0. The molecule has 0 spiro atoms. The van der Waals surface area contributed by atoms with E-state index in [1.54, 1.807) is 44.9 Å². The van der Waals surface area contributed by atoms with E-state index in [1.165, 1.54) is 0 Å². The zero-order valence-electron chi connectivity index (χ0n) is 33.0. The molecule has 1 saturated heterocycles. The predicted molar refractivity (Wildman–Crippen MR) is 210 cm³/mol. The van der Waals surface area contributed by atoms with Gasteiger partial charge in [0.2, 0.25) is 17.7 Å². The van der Waals surface area contributed by atoms with Gasteiger partial charge in [-0.1, -0.05) is 86.6 Å². The van der Waals surface area contributed by atoms with Crippen molar-refractivity contribution in [3.63, 3.8) is 0 Å². The van der Waals surface area contributed by atoms with E-state index in [0.717, 1.165) is 16.7 Å². The predicted octanol–water partition coefficient (Wildman–Crippen LogP) is 4.47. The van der Waals surface area contributed by atoms with Gasteiger partial charge in [-0.3, -0.25) is 14.4 Å². The molecule has 1 fully saturated rings. The van der Waals surface area contributed by atoms with Crippen LogP contribution in [0.25, 0.3) is 0 Å². The molecule has 0 unspecified atom stereocenters. The first-order chi connectivity index (χ1) is 26.2. The van der Waals surface area contributed by atoms with Gasteiger partial charge in [0.15, 0.2) is 0 Å². The van der Waals surface area contributed by atoms with Gasteiger partial charge in [-0.05, 0) is 74.8 Å². The number of alkyl carbamates (subject to hydrolysis) is 1. The number of aliphatic hydroxyl groups is 1. The number of rotatable bonds is 17. The van der Waals surface area contributed by atoms with E-state index in [4.69, 9.17) is 14.2 Å². The highest BCUT2D eigenvalue weighted by molar-refractivity contribution is 5.93.